The summed E-state index contributed by atoms with van der Waals surface area (Å²) in [6.45, 7) is 1.83. The number of aliphatic hydroxyl groups is 1. The first kappa shape index (κ1) is 12.2. The summed E-state index contributed by atoms with van der Waals surface area (Å²) in [6.07, 6.45) is 3.43. The molecule has 2 heterocycles. The number of pyridine rings is 1. The summed E-state index contributed by atoms with van der Waals surface area (Å²) in [4.78, 5) is 6.76. The molecule has 0 radical (unpaired) electrons. The number of anilines is 1. The van der Waals surface area contributed by atoms with Crippen molar-refractivity contribution in [1.29, 1.82) is 0 Å². The molecule has 1 aromatic carbocycles. The van der Waals surface area contributed by atoms with E-state index < -0.39 is 0 Å². The van der Waals surface area contributed by atoms with Crippen molar-refractivity contribution in [3.8, 4) is 11.3 Å². The van der Waals surface area contributed by atoms with Crippen LogP contribution in [-0.2, 0) is 0 Å². The second-order valence-electron chi connectivity index (χ2n) is 4.98. The second kappa shape index (κ2) is 5.41. The van der Waals surface area contributed by atoms with E-state index in [1.54, 1.807) is 0 Å². The largest absolute Gasteiger partial charge is 0.393 e. The van der Waals surface area contributed by atoms with Gasteiger partial charge in [0, 0.05) is 30.5 Å². The molecular weight excluding hydrogens is 236 g/mol. The van der Waals surface area contributed by atoms with Crippen molar-refractivity contribution in [2.75, 3.05) is 18.0 Å². The predicted octanol–water partition coefficient (Wildman–Crippen LogP) is 2.71. The Morgan fingerprint density at radius 1 is 1.05 bits per heavy atom. The molecule has 0 saturated carbocycles. The summed E-state index contributed by atoms with van der Waals surface area (Å²) in [5.41, 5.74) is 3.34. The van der Waals surface area contributed by atoms with E-state index in [0.717, 1.165) is 37.2 Å². The molecular formula is C16H18N2O. The molecule has 0 unspecified atom stereocenters. The topological polar surface area (TPSA) is 36.4 Å². The summed E-state index contributed by atoms with van der Waals surface area (Å²) in [7, 11) is 0. The van der Waals surface area contributed by atoms with Gasteiger partial charge in [0.15, 0.2) is 0 Å². The van der Waals surface area contributed by atoms with Crippen molar-refractivity contribution < 1.29 is 5.11 Å². The van der Waals surface area contributed by atoms with Crippen LogP contribution in [0.1, 0.15) is 12.8 Å². The molecule has 1 aliphatic rings. The molecule has 3 heteroatoms. The maximum Gasteiger partial charge on any atom is 0.0722 e. The highest BCUT2D eigenvalue weighted by Gasteiger charge is 2.17. The summed E-state index contributed by atoms with van der Waals surface area (Å²) >= 11 is 0. The first-order valence-electron chi connectivity index (χ1n) is 6.77. The van der Waals surface area contributed by atoms with E-state index in [9.17, 15) is 5.11 Å². The quantitative estimate of drug-likeness (QED) is 0.895. The molecule has 2 aromatic rings. The maximum atomic E-state index is 9.57. The van der Waals surface area contributed by atoms with Crippen LogP contribution in [0.4, 0.5) is 5.69 Å². The lowest BCUT2D eigenvalue weighted by Crippen LogP contribution is -2.35. The Kier molecular flexibility index (Phi) is 3.47. The minimum atomic E-state index is -0.133. The zero-order chi connectivity index (χ0) is 13.1. The van der Waals surface area contributed by atoms with E-state index in [-0.39, 0.29) is 6.10 Å². The Bertz CT molecular complexity index is 533. The monoisotopic (exact) mass is 254 g/mol. The molecule has 1 fully saturated rings. The van der Waals surface area contributed by atoms with Crippen LogP contribution in [0.3, 0.4) is 0 Å². The lowest BCUT2D eigenvalue weighted by atomic mass is 10.1. The molecule has 3 rings (SSSR count). The third-order valence-corrected chi connectivity index (χ3v) is 3.64. The predicted molar refractivity (Wildman–Crippen MR) is 77.1 cm³/mol. The number of hydrogen-bond donors (Lipinski definition) is 1. The normalized spacial score (nSPS) is 16.6. The smallest absolute Gasteiger partial charge is 0.0722 e. The molecule has 19 heavy (non-hydrogen) atoms. The van der Waals surface area contributed by atoms with Gasteiger partial charge in [-0.15, -0.1) is 0 Å². The number of benzene rings is 1. The molecule has 1 saturated heterocycles. The molecule has 3 nitrogen and oxygen atoms in total. The van der Waals surface area contributed by atoms with E-state index in [1.807, 2.05) is 30.5 Å². The Hall–Kier alpha value is -1.87. The molecule has 1 aromatic heterocycles. The van der Waals surface area contributed by atoms with Crippen molar-refractivity contribution in [3.63, 3.8) is 0 Å². The van der Waals surface area contributed by atoms with E-state index in [0.29, 0.717) is 0 Å². The first-order valence-corrected chi connectivity index (χ1v) is 6.77. The van der Waals surface area contributed by atoms with E-state index in [1.165, 1.54) is 5.69 Å². The lowest BCUT2D eigenvalue weighted by Gasteiger charge is -2.31. The minimum Gasteiger partial charge on any atom is -0.393 e. The molecule has 1 aliphatic heterocycles. The molecule has 98 valence electrons. The van der Waals surface area contributed by atoms with Crippen LogP contribution in [0.15, 0.2) is 48.7 Å². The van der Waals surface area contributed by atoms with Gasteiger partial charge in [-0.1, -0.05) is 30.3 Å². The number of aromatic nitrogens is 1. The summed E-state index contributed by atoms with van der Waals surface area (Å²) in [5, 5.41) is 9.57. The van der Waals surface area contributed by atoms with Crippen LogP contribution in [0.5, 0.6) is 0 Å². The van der Waals surface area contributed by atoms with Crippen LogP contribution in [0.2, 0.25) is 0 Å². The van der Waals surface area contributed by atoms with Gasteiger partial charge in [-0.2, -0.15) is 0 Å². The fraction of sp³-hybridized carbons (Fsp3) is 0.312. The Labute approximate surface area is 113 Å². The average Bonchev–Trinajstić information content (AvgIpc) is 2.49. The molecule has 0 atom stereocenters. The van der Waals surface area contributed by atoms with Gasteiger partial charge in [0.05, 0.1) is 11.8 Å². The van der Waals surface area contributed by atoms with Crippen LogP contribution >= 0.6 is 0 Å². The fourth-order valence-electron chi connectivity index (χ4n) is 2.51. The van der Waals surface area contributed by atoms with Crippen LogP contribution in [0, 0.1) is 0 Å². The molecule has 0 aliphatic carbocycles. The van der Waals surface area contributed by atoms with Crippen LogP contribution in [-0.4, -0.2) is 29.3 Å². The van der Waals surface area contributed by atoms with Crippen molar-refractivity contribution in [2.45, 2.75) is 18.9 Å². The van der Waals surface area contributed by atoms with Gasteiger partial charge in [-0.05, 0) is 25.0 Å². The highest BCUT2D eigenvalue weighted by atomic mass is 16.3. The van der Waals surface area contributed by atoms with Gasteiger partial charge in [-0.25, -0.2) is 0 Å². The Morgan fingerprint density at radius 2 is 1.79 bits per heavy atom. The highest BCUT2D eigenvalue weighted by molar-refractivity contribution is 5.64. The SMILES string of the molecule is OC1CCN(c2ccnc(-c3ccccc3)c2)CC1. The average molecular weight is 254 g/mol. The van der Waals surface area contributed by atoms with E-state index >= 15 is 0 Å². The van der Waals surface area contributed by atoms with Crippen molar-refractivity contribution in [1.82, 2.24) is 4.98 Å². The fourth-order valence-corrected chi connectivity index (χ4v) is 2.51. The second-order valence-corrected chi connectivity index (χ2v) is 4.98. The minimum absolute atomic E-state index is 0.133. The lowest BCUT2D eigenvalue weighted by molar-refractivity contribution is 0.145. The van der Waals surface area contributed by atoms with Crippen molar-refractivity contribution in [3.05, 3.63) is 48.7 Å². The molecule has 0 bridgehead atoms. The summed E-state index contributed by atoms with van der Waals surface area (Å²) in [6, 6.07) is 14.4. The number of piperidine rings is 1. The van der Waals surface area contributed by atoms with Crippen molar-refractivity contribution >= 4 is 5.69 Å². The van der Waals surface area contributed by atoms with Gasteiger partial charge in [0.1, 0.15) is 0 Å². The maximum absolute atomic E-state index is 9.57. The molecule has 1 N–H and O–H groups in total. The van der Waals surface area contributed by atoms with Gasteiger partial charge < -0.3 is 10.0 Å². The molecule has 0 amide bonds. The summed E-state index contributed by atoms with van der Waals surface area (Å²) < 4.78 is 0. The van der Waals surface area contributed by atoms with E-state index in [2.05, 4.69) is 28.1 Å². The summed E-state index contributed by atoms with van der Waals surface area (Å²) in [5.74, 6) is 0. The third-order valence-electron chi connectivity index (χ3n) is 3.64. The number of rotatable bonds is 2. The Balaban J connectivity index is 1.84. The third kappa shape index (κ3) is 2.76. The van der Waals surface area contributed by atoms with Gasteiger partial charge in [-0.3, -0.25) is 4.98 Å². The Morgan fingerprint density at radius 3 is 2.53 bits per heavy atom. The number of aliphatic hydroxyl groups excluding tert-OH is 1. The highest BCUT2D eigenvalue weighted by Crippen LogP contribution is 2.24. The van der Waals surface area contributed by atoms with Crippen molar-refractivity contribution in [2.24, 2.45) is 0 Å². The van der Waals surface area contributed by atoms with Crippen LogP contribution < -0.4 is 4.90 Å². The van der Waals surface area contributed by atoms with Gasteiger partial charge in [0.25, 0.3) is 0 Å². The molecule has 0 spiro atoms. The van der Waals surface area contributed by atoms with E-state index in [4.69, 9.17) is 0 Å². The number of hydrogen-bond acceptors (Lipinski definition) is 3. The van der Waals surface area contributed by atoms with Gasteiger partial charge >= 0.3 is 0 Å². The standard InChI is InChI=1S/C16H18N2O/c19-15-7-10-18(11-8-15)14-6-9-17-16(12-14)13-4-2-1-3-5-13/h1-6,9,12,15,19H,7-8,10-11H2. The zero-order valence-electron chi connectivity index (χ0n) is 10.9. The number of nitrogens with zero attached hydrogens (tertiary/aromatic N) is 2. The van der Waals surface area contributed by atoms with Gasteiger partial charge in [0.2, 0.25) is 0 Å². The van der Waals surface area contributed by atoms with Crippen LogP contribution in [0.25, 0.3) is 11.3 Å². The zero-order valence-corrected chi connectivity index (χ0v) is 10.9. The first-order chi connectivity index (χ1) is 9.33.